The second-order valence-electron chi connectivity index (χ2n) is 3.91. The molecule has 4 aromatic rings. The Labute approximate surface area is 95.1 Å². The molecule has 2 heterocycles. The third-order valence-electron chi connectivity index (χ3n) is 3.07. The van der Waals surface area contributed by atoms with E-state index in [0.717, 1.165) is 0 Å². The van der Waals surface area contributed by atoms with Crippen molar-refractivity contribution in [2.75, 3.05) is 0 Å². The van der Waals surface area contributed by atoms with Crippen molar-refractivity contribution < 1.29 is 0 Å². The van der Waals surface area contributed by atoms with Crippen LogP contribution in [0.1, 0.15) is 4.88 Å². The summed E-state index contributed by atoms with van der Waals surface area (Å²) in [7, 11) is 0. The molecule has 2 aromatic carbocycles. The number of thiophene rings is 2. The minimum Gasteiger partial charge on any atom is -0.143 e. The molecule has 0 bridgehead atoms. The fourth-order valence-corrected chi connectivity index (χ4v) is 4.37. The summed E-state index contributed by atoms with van der Waals surface area (Å²) in [6, 6.07) is 9.03. The van der Waals surface area contributed by atoms with Gasteiger partial charge >= 0.3 is 0 Å². The van der Waals surface area contributed by atoms with E-state index in [9.17, 15) is 0 Å². The Morgan fingerprint density at radius 3 is 2.73 bits per heavy atom. The molecule has 0 nitrogen and oxygen atoms in total. The maximum Gasteiger partial charge on any atom is 0.0358 e. The van der Waals surface area contributed by atoms with E-state index in [1.165, 1.54) is 35.8 Å². The molecule has 0 aliphatic heterocycles. The standard InChI is InChI=1S/C13H8S2/c1-7-9-3-5-10-12-8(6-14-10)2-4-11(15-7)13(9)12/h2-6H,1H3. The highest BCUT2D eigenvalue weighted by Gasteiger charge is 2.12. The Morgan fingerprint density at radius 2 is 1.80 bits per heavy atom. The number of benzene rings is 2. The van der Waals surface area contributed by atoms with Crippen molar-refractivity contribution in [2.24, 2.45) is 0 Å². The lowest BCUT2D eigenvalue weighted by Crippen LogP contribution is -1.72. The second-order valence-corrected chi connectivity index (χ2v) is 6.08. The van der Waals surface area contributed by atoms with Gasteiger partial charge in [-0.2, -0.15) is 0 Å². The lowest BCUT2D eigenvalue weighted by molar-refractivity contribution is 1.70. The molecule has 0 saturated carbocycles. The number of rotatable bonds is 0. The van der Waals surface area contributed by atoms with Crippen molar-refractivity contribution in [1.82, 2.24) is 0 Å². The highest BCUT2D eigenvalue weighted by atomic mass is 32.1. The molecule has 0 spiro atoms. The van der Waals surface area contributed by atoms with Gasteiger partial charge in [0.2, 0.25) is 0 Å². The molecule has 0 atom stereocenters. The van der Waals surface area contributed by atoms with Crippen molar-refractivity contribution in [2.45, 2.75) is 6.92 Å². The molecular weight excluding hydrogens is 220 g/mol. The summed E-state index contributed by atoms with van der Waals surface area (Å²) in [6.45, 7) is 2.22. The quantitative estimate of drug-likeness (QED) is 0.396. The summed E-state index contributed by atoms with van der Waals surface area (Å²) < 4.78 is 2.85. The lowest BCUT2D eigenvalue weighted by Gasteiger charge is -1.98. The monoisotopic (exact) mass is 228 g/mol. The zero-order chi connectivity index (χ0) is 9.99. The first-order valence-electron chi connectivity index (χ1n) is 4.96. The molecule has 0 aliphatic rings. The highest BCUT2D eigenvalue weighted by molar-refractivity contribution is 7.21. The van der Waals surface area contributed by atoms with E-state index in [0.29, 0.717) is 0 Å². The molecule has 4 rings (SSSR count). The molecule has 15 heavy (non-hydrogen) atoms. The molecule has 0 saturated heterocycles. The van der Waals surface area contributed by atoms with Crippen molar-refractivity contribution in [3.05, 3.63) is 34.5 Å². The Morgan fingerprint density at radius 1 is 0.933 bits per heavy atom. The maximum absolute atomic E-state index is 2.27. The molecule has 0 fully saturated rings. The van der Waals surface area contributed by atoms with Gasteiger partial charge in [0, 0.05) is 25.0 Å². The summed E-state index contributed by atoms with van der Waals surface area (Å²) in [5.74, 6) is 0. The number of hydrogen-bond donors (Lipinski definition) is 0. The first kappa shape index (κ1) is 8.08. The number of hydrogen-bond acceptors (Lipinski definition) is 2. The molecule has 2 heteroatoms. The first-order chi connectivity index (χ1) is 7.34. The lowest BCUT2D eigenvalue weighted by atomic mass is 10.0. The van der Waals surface area contributed by atoms with Gasteiger partial charge < -0.3 is 0 Å². The predicted molar refractivity (Wildman–Crippen MR) is 70.6 cm³/mol. The van der Waals surface area contributed by atoms with Crippen molar-refractivity contribution >= 4 is 53.6 Å². The summed E-state index contributed by atoms with van der Waals surface area (Å²) >= 11 is 3.76. The van der Waals surface area contributed by atoms with Gasteiger partial charge in [-0.25, -0.2) is 0 Å². The first-order valence-corrected chi connectivity index (χ1v) is 6.65. The largest absolute Gasteiger partial charge is 0.143 e. The molecule has 72 valence electrons. The average Bonchev–Trinajstić information content (AvgIpc) is 2.78. The third-order valence-corrected chi connectivity index (χ3v) is 5.12. The van der Waals surface area contributed by atoms with E-state index in [4.69, 9.17) is 0 Å². The molecule has 0 radical (unpaired) electrons. The van der Waals surface area contributed by atoms with Crippen molar-refractivity contribution in [3.8, 4) is 0 Å². The van der Waals surface area contributed by atoms with Crippen LogP contribution in [0.5, 0.6) is 0 Å². The van der Waals surface area contributed by atoms with Gasteiger partial charge in [0.1, 0.15) is 0 Å². The SMILES string of the molecule is Cc1sc2ccc3csc4ccc1c2c34. The Hall–Kier alpha value is -1.12. The van der Waals surface area contributed by atoms with E-state index in [1.807, 2.05) is 22.7 Å². The summed E-state index contributed by atoms with van der Waals surface area (Å²) in [5, 5.41) is 8.04. The molecule has 0 N–H and O–H groups in total. The van der Waals surface area contributed by atoms with Gasteiger partial charge in [0.05, 0.1) is 0 Å². The predicted octanol–water partition coefficient (Wildman–Crippen LogP) is 5.02. The zero-order valence-electron chi connectivity index (χ0n) is 8.20. The van der Waals surface area contributed by atoms with Crippen LogP contribution in [0.3, 0.4) is 0 Å². The van der Waals surface area contributed by atoms with Gasteiger partial charge in [0.25, 0.3) is 0 Å². The van der Waals surface area contributed by atoms with Crippen LogP contribution >= 0.6 is 22.7 Å². The second kappa shape index (κ2) is 2.52. The van der Waals surface area contributed by atoms with Crippen LogP contribution in [0.2, 0.25) is 0 Å². The fraction of sp³-hybridized carbons (Fsp3) is 0.0769. The summed E-state index contributed by atoms with van der Waals surface area (Å²) in [4.78, 5) is 1.44. The van der Waals surface area contributed by atoms with Gasteiger partial charge in [0.15, 0.2) is 0 Å². The third kappa shape index (κ3) is 0.869. The minimum atomic E-state index is 1.39. The smallest absolute Gasteiger partial charge is 0.0358 e. The molecule has 0 unspecified atom stereocenters. The van der Waals surface area contributed by atoms with E-state index in [1.54, 1.807) is 0 Å². The van der Waals surface area contributed by atoms with E-state index >= 15 is 0 Å². The zero-order valence-corrected chi connectivity index (χ0v) is 9.84. The van der Waals surface area contributed by atoms with Crippen LogP contribution in [-0.2, 0) is 0 Å². The van der Waals surface area contributed by atoms with Gasteiger partial charge in [-0.3, -0.25) is 0 Å². The van der Waals surface area contributed by atoms with Gasteiger partial charge in [-0.15, -0.1) is 22.7 Å². The normalized spacial score (nSPS) is 12.3. The van der Waals surface area contributed by atoms with Crippen molar-refractivity contribution in [3.63, 3.8) is 0 Å². The van der Waals surface area contributed by atoms with Gasteiger partial charge in [-0.05, 0) is 35.2 Å². The van der Waals surface area contributed by atoms with E-state index in [-0.39, 0.29) is 0 Å². The topological polar surface area (TPSA) is 0 Å². The Balaban J connectivity index is 2.54. The van der Waals surface area contributed by atoms with Crippen molar-refractivity contribution in [1.29, 1.82) is 0 Å². The highest BCUT2D eigenvalue weighted by Crippen LogP contribution is 2.42. The van der Waals surface area contributed by atoms with E-state index in [2.05, 4.69) is 36.6 Å². The van der Waals surface area contributed by atoms with Crippen LogP contribution in [0, 0.1) is 6.92 Å². The molecule has 0 aliphatic carbocycles. The molecule has 0 amide bonds. The summed E-state index contributed by atoms with van der Waals surface area (Å²) in [5.41, 5.74) is 0. The van der Waals surface area contributed by atoms with E-state index < -0.39 is 0 Å². The molecular formula is C13H8S2. The maximum atomic E-state index is 2.27. The van der Waals surface area contributed by atoms with Crippen LogP contribution < -0.4 is 0 Å². The Bertz CT molecular complexity index is 758. The van der Waals surface area contributed by atoms with Crippen LogP contribution in [0.4, 0.5) is 0 Å². The minimum absolute atomic E-state index is 1.39. The summed E-state index contributed by atoms with van der Waals surface area (Å²) in [6.07, 6.45) is 0. The van der Waals surface area contributed by atoms with Gasteiger partial charge in [-0.1, -0.05) is 12.1 Å². The van der Waals surface area contributed by atoms with Crippen LogP contribution in [0.15, 0.2) is 29.6 Å². The van der Waals surface area contributed by atoms with Crippen LogP contribution in [0.25, 0.3) is 30.9 Å². The number of aryl methyl sites for hydroxylation is 1. The fourth-order valence-electron chi connectivity index (χ4n) is 2.38. The van der Waals surface area contributed by atoms with Crippen LogP contribution in [-0.4, -0.2) is 0 Å². The average molecular weight is 228 g/mol. The molecule has 2 aromatic heterocycles. The Kier molecular flexibility index (Phi) is 1.36.